The van der Waals surface area contributed by atoms with Gasteiger partial charge in [-0.1, -0.05) is 18.2 Å². The molecule has 8 heteroatoms. The molecule has 2 N–H and O–H groups in total. The molecule has 2 amide bonds. The second kappa shape index (κ2) is 11.2. The lowest BCUT2D eigenvalue weighted by molar-refractivity contribution is -0.147. The Hall–Kier alpha value is -3.68. The Kier molecular flexibility index (Phi) is 8.37. The molecule has 0 atom stereocenters. The molecular weight excluding hydrogens is 376 g/mol. The zero-order valence-electron chi connectivity index (χ0n) is 16.0. The molecule has 29 heavy (non-hydrogen) atoms. The second-order valence-corrected chi connectivity index (χ2v) is 6.05. The normalized spacial score (nSPS) is 9.97. The average molecular weight is 398 g/mol. The predicted octanol–water partition coefficient (Wildman–Crippen LogP) is 2.76. The summed E-state index contributed by atoms with van der Waals surface area (Å²) >= 11 is 0. The lowest BCUT2D eigenvalue weighted by Crippen LogP contribution is -2.21. The van der Waals surface area contributed by atoms with Gasteiger partial charge in [0.05, 0.1) is 12.7 Å². The van der Waals surface area contributed by atoms with E-state index < -0.39 is 24.5 Å². The van der Waals surface area contributed by atoms with E-state index in [1.165, 1.54) is 31.4 Å². The molecule has 152 valence electrons. The first kappa shape index (κ1) is 21.6. The number of anilines is 2. The number of hydrogen-bond acceptors (Lipinski definition) is 6. The van der Waals surface area contributed by atoms with Crippen LogP contribution in [0.5, 0.6) is 0 Å². The van der Waals surface area contributed by atoms with E-state index >= 15 is 0 Å². The largest absolute Gasteiger partial charge is 0.465 e. The molecule has 0 radical (unpaired) electrons. The molecule has 2 rings (SSSR count). The molecule has 0 heterocycles. The highest BCUT2D eigenvalue weighted by atomic mass is 16.5. The standard InChI is InChI=1S/C21H22N2O6/c1-28-21(27)15-10-12-17(13-11-15)23-19(25)14-29-20(26)9-5-8-18(24)22-16-6-3-2-4-7-16/h2-4,6-7,10-13H,5,8-9,14H2,1H3,(H,22,24)(H,23,25). The van der Waals surface area contributed by atoms with E-state index in [4.69, 9.17) is 4.74 Å². The Morgan fingerprint density at radius 1 is 0.793 bits per heavy atom. The van der Waals surface area contributed by atoms with Gasteiger partial charge >= 0.3 is 11.9 Å². The molecule has 2 aromatic carbocycles. The number of methoxy groups -OCH3 is 1. The van der Waals surface area contributed by atoms with Crippen LogP contribution in [0.4, 0.5) is 11.4 Å². The lowest BCUT2D eigenvalue weighted by atomic mass is 10.2. The highest BCUT2D eigenvalue weighted by Gasteiger charge is 2.10. The van der Waals surface area contributed by atoms with Gasteiger partial charge in [-0.15, -0.1) is 0 Å². The van der Waals surface area contributed by atoms with Crippen molar-refractivity contribution in [3.63, 3.8) is 0 Å². The number of rotatable bonds is 9. The van der Waals surface area contributed by atoms with Crippen molar-refractivity contribution in [2.45, 2.75) is 19.3 Å². The Morgan fingerprint density at radius 3 is 2.07 bits per heavy atom. The van der Waals surface area contributed by atoms with Crippen LogP contribution >= 0.6 is 0 Å². The van der Waals surface area contributed by atoms with Crippen LogP contribution in [-0.2, 0) is 23.9 Å². The minimum Gasteiger partial charge on any atom is -0.465 e. The Morgan fingerprint density at radius 2 is 1.41 bits per heavy atom. The zero-order chi connectivity index (χ0) is 21.1. The monoisotopic (exact) mass is 398 g/mol. The third-order valence-electron chi connectivity index (χ3n) is 3.80. The van der Waals surface area contributed by atoms with Gasteiger partial charge in [0.25, 0.3) is 5.91 Å². The van der Waals surface area contributed by atoms with Crippen molar-refractivity contribution in [3.8, 4) is 0 Å². The SMILES string of the molecule is COC(=O)c1ccc(NC(=O)COC(=O)CCCC(=O)Nc2ccccc2)cc1. The van der Waals surface area contributed by atoms with Crippen LogP contribution in [0.1, 0.15) is 29.6 Å². The summed E-state index contributed by atoms with van der Waals surface area (Å²) in [6.45, 7) is -0.437. The third kappa shape index (κ3) is 7.84. The fourth-order valence-corrected chi connectivity index (χ4v) is 2.36. The summed E-state index contributed by atoms with van der Waals surface area (Å²) in [5.74, 6) is -1.74. The molecule has 0 aliphatic heterocycles. The number of esters is 2. The summed E-state index contributed by atoms with van der Waals surface area (Å²) in [6, 6.07) is 15.1. The van der Waals surface area contributed by atoms with Gasteiger partial charge in [0, 0.05) is 24.2 Å². The van der Waals surface area contributed by atoms with Crippen molar-refractivity contribution in [1.82, 2.24) is 0 Å². The maximum atomic E-state index is 11.8. The molecular formula is C21H22N2O6. The maximum Gasteiger partial charge on any atom is 0.337 e. The molecule has 0 spiro atoms. The summed E-state index contributed by atoms with van der Waals surface area (Å²) < 4.78 is 9.49. The molecule has 0 aliphatic rings. The Labute approximate surface area is 168 Å². The molecule has 8 nitrogen and oxygen atoms in total. The molecule has 0 bridgehead atoms. The number of ether oxygens (including phenoxy) is 2. The maximum absolute atomic E-state index is 11.8. The molecule has 0 fully saturated rings. The van der Waals surface area contributed by atoms with Crippen LogP contribution < -0.4 is 10.6 Å². The third-order valence-corrected chi connectivity index (χ3v) is 3.80. The number of carbonyl (C=O) groups is 4. The van der Waals surface area contributed by atoms with E-state index in [0.717, 1.165) is 0 Å². The van der Waals surface area contributed by atoms with Crippen LogP contribution in [0.15, 0.2) is 54.6 Å². The van der Waals surface area contributed by atoms with Gasteiger partial charge in [0.2, 0.25) is 5.91 Å². The van der Waals surface area contributed by atoms with Crippen LogP contribution in [0.2, 0.25) is 0 Å². The lowest BCUT2D eigenvalue weighted by Gasteiger charge is -2.07. The summed E-state index contributed by atoms with van der Waals surface area (Å²) in [5, 5.41) is 5.27. The molecule has 0 unspecified atom stereocenters. The van der Waals surface area contributed by atoms with Gasteiger partial charge in [-0.2, -0.15) is 0 Å². The molecule has 0 saturated carbocycles. The topological polar surface area (TPSA) is 111 Å². The molecule has 0 aliphatic carbocycles. The van der Waals surface area contributed by atoms with Crippen molar-refractivity contribution in [1.29, 1.82) is 0 Å². The number of benzene rings is 2. The predicted molar refractivity (Wildman–Crippen MR) is 106 cm³/mol. The van der Waals surface area contributed by atoms with Crippen molar-refractivity contribution in [2.75, 3.05) is 24.4 Å². The van der Waals surface area contributed by atoms with Crippen molar-refractivity contribution in [2.24, 2.45) is 0 Å². The van der Waals surface area contributed by atoms with Gasteiger partial charge in [-0.05, 0) is 42.8 Å². The molecule has 0 aromatic heterocycles. The average Bonchev–Trinajstić information content (AvgIpc) is 2.73. The van der Waals surface area contributed by atoms with Gasteiger partial charge < -0.3 is 20.1 Å². The van der Waals surface area contributed by atoms with Crippen molar-refractivity contribution in [3.05, 3.63) is 60.2 Å². The van der Waals surface area contributed by atoms with Crippen molar-refractivity contribution >= 4 is 35.1 Å². The Balaban J connectivity index is 1.63. The summed E-state index contributed by atoms with van der Waals surface area (Å²) in [7, 11) is 1.28. The van der Waals surface area contributed by atoms with E-state index in [0.29, 0.717) is 23.4 Å². The fraction of sp³-hybridized carbons (Fsp3) is 0.238. The summed E-state index contributed by atoms with van der Waals surface area (Å²) in [4.78, 5) is 46.7. The van der Waals surface area contributed by atoms with Gasteiger partial charge in [-0.25, -0.2) is 4.79 Å². The van der Waals surface area contributed by atoms with Crippen LogP contribution in [-0.4, -0.2) is 37.5 Å². The summed E-state index contributed by atoms with van der Waals surface area (Å²) in [5.41, 5.74) is 1.50. The van der Waals surface area contributed by atoms with E-state index in [9.17, 15) is 19.2 Å². The number of hydrogen-bond donors (Lipinski definition) is 2. The molecule has 0 saturated heterocycles. The quantitative estimate of drug-likeness (QED) is 0.629. The smallest absolute Gasteiger partial charge is 0.337 e. The van der Waals surface area contributed by atoms with Crippen molar-refractivity contribution < 1.29 is 28.7 Å². The van der Waals surface area contributed by atoms with E-state index in [1.54, 1.807) is 12.1 Å². The zero-order valence-corrected chi connectivity index (χ0v) is 16.0. The number of nitrogens with one attached hydrogen (secondary N) is 2. The van der Waals surface area contributed by atoms with Gasteiger partial charge in [-0.3, -0.25) is 14.4 Å². The van der Waals surface area contributed by atoms with E-state index in [2.05, 4.69) is 15.4 Å². The number of para-hydroxylation sites is 1. The van der Waals surface area contributed by atoms with Crippen LogP contribution in [0.3, 0.4) is 0 Å². The van der Waals surface area contributed by atoms with Gasteiger partial charge in [0.1, 0.15) is 0 Å². The minimum absolute atomic E-state index is 0.0311. The number of amides is 2. The summed E-state index contributed by atoms with van der Waals surface area (Å²) in [6.07, 6.45) is 0.514. The first-order valence-electron chi connectivity index (χ1n) is 8.96. The number of carbonyl (C=O) groups excluding carboxylic acids is 4. The van der Waals surface area contributed by atoms with Crippen LogP contribution in [0, 0.1) is 0 Å². The van der Waals surface area contributed by atoms with Crippen LogP contribution in [0.25, 0.3) is 0 Å². The first-order valence-corrected chi connectivity index (χ1v) is 8.96. The second-order valence-electron chi connectivity index (χ2n) is 6.05. The van der Waals surface area contributed by atoms with E-state index in [1.807, 2.05) is 18.2 Å². The molecule has 2 aromatic rings. The first-order chi connectivity index (χ1) is 14.0. The van der Waals surface area contributed by atoms with Gasteiger partial charge in [0.15, 0.2) is 6.61 Å². The minimum atomic E-state index is -0.561. The highest BCUT2D eigenvalue weighted by molar-refractivity contribution is 5.94. The Bertz CT molecular complexity index is 849. The van der Waals surface area contributed by atoms with E-state index in [-0.39, 0.29) is 18.7 Å². The fourth-order valence-electron chi connectivity index (χ4n) is 2.36. The highest BCUT2D eigenvalue weighted by Crippen LogP contribution is 2.11.